The number of allylic oxidation sites excluding steroid dienone is 1. The number of ketones is 2. The van der Waals surface area contributed by atoms with Crippen LogP contribution in [-0.2, 0) is 22.4 Å². The van der Waals surface area contributed by atoms with Crippen LogP contribution in [0.3, 0.4) is 0 Å². The molecule has 3 aliphatic rings. The Labute approximate surface area is 250 Å². The van der Waals surface area contributed by atoms with E-state index in [-0.39, 0.29) is 35.1 Å². The molecule has 0 aliphatic heterocycles. The summed E-state index contributed by atoms with van der Waals surface area (Å²) in [5, 5.41) is 45.7. The molecule has 0 saturated carbocycles. The third-order valence-electron chi connectivity index (χ3n) is 8.85. The van der Waals surface area contributed by atoms with Crippen molar-refractivity contribution < 1.29 is 48.0 Å². The summed E-state index contributed by atoms with van der Waals surface area (Å²) < 4.78 is 38.6. The average Bonchev–Trinajstić information content (AvgIpc) is 2.90. The van der Waals surface area contributed by atoms with Gasteiger partial charge in [0.1, 0.15) is 22.8 Å². The number of benzene rings is 2. The van der Waals surface area contributed by atoms with Gasteiger partial charge in [-0.25, -0.2) is 0 Å². The molecule has 4 atom stereocenters. The number of phenols is 1. The first-order valence-electron chi connectivity index (χ1n) is 13.8. The molecule has 6 N–H and O–H groups in total. The second-order valence-electron chi connectivity index (χ2n) is 12.0. The van der Waals surface area contributed by atoms with Crippen LogP contribution in [0.15, 0.2) is 53.0 Å². The Kier molecular flexibility index (Phi) is 7.33. The fourth-order valence-corrected chi connectivity index (χ4v) is 6.95. The molecule has 0 bridgehead atoms. The summed E-state index contributed by atoms with van der Waals surface area (Å²) >= 11 is 0. The molecule has 10 nitrogen and oxygen atoms in total. The SMILES string of the molecule is CN(C)c1cc(-c2ccc(CC(F)(F)F)cc2)c(O)c2c1C[C@H]1C[C@H]3[C@H](N(C)C)C(O)=C(C(N)=O)C(=O)[C@@]3(O)C(O)=C1C2=O. The number of alkyl halides is 3. The molecule has 5 rings (SSSR count). The lowest BCUT2D eigenvalue weighted by molar-refractivity contribution is -0.148. The van der Waals surface area contributed by atoms with Crippen molar-refractivity contribution >= 4 is 23.2 Å². The van der Waals surface area contributed by atoms with Gasteiger partial charge < -0.3 is 31.1 Å². The number of primary amides is 1. The second-order valence-corrected chi connectivity index (χ2v) is 12.0. The van der Waals surface area contributed by atoms with Crippen molar-refractivity contribution in [2.75, 3.05) is 33.1 Å². The highest BCUT2D eigenvalue weighted by Gasteiger charge is 2.63. The van der Waals surface area contributed by atoms with Gasteiger partial charge in [0.15, 0.2) is 11.4 Å². The number of aliphatic hydroxyl groups is 3. The lowest BCUT2D eigenvalue weighted by Crippen LogP contribution is -2.63. The van der Waals surface area contributed by atoms with Crippen LogP contribution in [0.1, 0.15) is 27.9 Å². The van der Waals surface area contributed by atoms with Gasteiger partial charge in [-0.05, 0) is 55.6 Å². The van der Waals surface area contributed by atoms with Crippen LogP contribution in [0.5, 0.6) is 5.75 Å². The zero-order valence-electron chi connectivity index (χ0n) is 24.4. The predicted molar refractivity (Wildman–Crippen MR) is 153 cm³/mol. The van der Waals surface area contributed by atoms with Gasteiger partial charge >= 0.3 is 6.18 Å². The first kappa shape index (κ1) is 31.1. The summed E-state index contributed by atoms with van der Waals surface area (Å²) in [4.78, 5) is 43.0. The van der Waals surface area contributed by atoms with Gasteiger partial charge in [-0.1, -0.05) is 24.3 Å². The molecule has 0 fully saturated rings. The van der Waals surface area contributed by atoms with E-state index in [0.29, 0.717) is 16.8 Å². The molecule has 44 heavy (non-hydrogen) atoms. The Balaban J connectivity index is 1.69. The molecule has 0 saturated heterocycles. The van der Waals surface area contributed by atoms with Crippen LogP contribution in [0.25, 0.3) is 11.1 Å². The third-order valence-corrected chi connectivity index (χ3v) is 8.85. The van der Waals surface area contributed by atoms with Crippen molar-refractivity contribution in [3.8, 4) is 16.9 Å². The predicted octanol–water partition coefficient (Wildman–Crippen LogP) is 2.96. The van der Waals surface area contributed by atoms with Gasteiger partial charge in [-0.3, -0.25) is 19.3 Å². The Bertz CT molecular complexity index is 1660. The second kappa shape index (κ2) is 10.4. The number of anilines is 1. The maximum Gasteiger partial charge on any atom is 0.393 e. The molecule has 0 heterocycles. The van der Waals surface area contributed by atoms with Gasteiger partial charge in [0.25, 0.3) is 5.91 Å². The molecular weight excluding hydrogens is 583 g/mol. The summed E-state index contributed by atoms with van der Waals surface area (Å²) in [5.41, 5.74) is 2.67. The van der Waals surface area contributed by atoms with Crippen molar-refractivity contribution in [3.63, 3.8) is 0 Å². The first-order chi connectivity index (χ1) is 20.4. The number of Topliss-reactive ketones (excluding diaryl/α,β-unsaturated/α-hetero) is 2. The molecule has 2 aromatic carbocycles. The highest BCUT2D eigenvalue weighted by Crippen LogP contribution is 2.54. The molecule has 1 amide bonds. The largest absolute Gasteiger partial charge is 0.510 e. The van der Waals surface area contributed by atoms with Gasteiger partial charge in [-0.2, -0.15) is 13.2 Å². The molecule has 3 aliphatic carbocycles. The normalized spacial score (nSPS) is 25.2. The minimum atomic E-state index is -4.41. The number of amides is 1. The number of halogens is 3. The van der Waals surface area contributed by atoms with E-state index in [4.69, 9.17) is 5.73 Å². The number of hydrogen-bond donors (Lipinski definition) is 5. The molecule has 0 unspecified atom stereocenters. The molecule has 0 aromatic heterocycles. The fraction of sp³-hybridized carbons (Fsp3) is 0.387. The van der Waals surface area contributed by atoms with Crippen molar-refractivity contribution in [1.82, 2.24) is 4.90 Å². The molecule has 0 spiro atoms. The Morgan fingerprint density at radius 1 is 1.07 bits per heavy atom. The van der Waals surface area contributed by atoms with E-state index >= 15 is 0 Å². The monoisotopic (exact) mass is 615 g/mol. The van der Waals surface area contributed by atoms with Crippen LogP contribution >= 0.6 is 0 Å². The lowest BCUT2D eigenvalue weighted by Gasteiger charge is -2.50. The number of carbonyl (C=O) groups is 3. The highest BCUT2D eigenvalue weighted by atomic mass is 19.4. The van der Waals surface area contributed by atoms with E-state index in [1.165, 1.54) is 29.2 Å². The zero-order valence-corrected chi connectivity index (χ0v) is 24.4. The first-order valence-corrected chi connectivity index (χ1v) is 13.8. The summed E-state index contributed by atoms with van der Waals surface area (Å²) in [6.45, 7) is 0. The number of phenolic OH excluding ortho intramolecular Hbond substituents is 1. The van der Waals surface area contributed by atoms with Crippen LogP contribution in [-0.4, -0.2) is 88.8 Å². The summed E-state index contributed by atoms with van der Waals surface area (Å²) in [5.74, 6) is -7.52. The lowest BCUT2D eigenvalue weighted by atomic mass is 9.58. The Morgan fingerprint density at radius 3 is 2.20 bits per heavy atom. The van der Waals surface area contributed by atoms with Crippen LogP contribution in [0.4, 0.5) is 18.9 Å². The van der Waals surface area contributed by atoms with E-state index in [2.05, 4.69) is 0 Å². The van der Waals surface area contributed by atoms with Crippen molar-refractivity contribution in [2.24, 2.45) is 17.6 Å². The minimum Gasteiger partial charge on any atom is -0.510 e. The zero-order chi connectivity index (χ0) is 32.6. The number of fused-ring (bicyclic) bond motifs is 3. The summed E-state index contributed by atoms with van der Waals surface area (Å²) in [7, 11) is 6.52. The highest BCUT2D eigenvalue weighted by molar-refractivity contribution is 6.25. The number of nitrogens with zero attached hydrogens (tertiary/aromatic N) is 2. The van der Waals surface area contributed by atoms with Gasteiger partial charge in [-0.15, -0.1) is 0 Å². The van der Waals surface area contributed by atoms with Crippen LogP contribution in [0, 0.1) is 11.8 Å². The third kappa shape index (κ3) is 4.61. The number of aromatic hydroxyl groups is 1. The Morgan fingerprint density at radius 2 is 1.68 bits per heavy atom. The summed E-state index contributed by atoms with van der Waals surface area (Å²) in [6.07, 6.45) is -5.50. The van der Waals surface area contributed by atoms with Crippen molar-refractivity contribution in [2.45, 2.75) is 37.1 Å². The smallest absolute Gasteiger partial charge is 0.393 e. The minimum absolute atomic E-state index is 0.00845. The van der Waals surface area contributed by atoms with Crippen molar-refractivity contribution in [1.29, 1.82) is 0 Å². The Hall–Kier alpha value is -4.36. The van der Waals surface area contributed by atoms with E-state index in [9.17, 15) is 48.0 Å². The quantitative estimate of drug-likeness (QED) is 0.318. The average molecular weight is 616 g/mol. The molecule has 2 aromatic rings. The molecule has 13 heteroatoms. The van der Waals surface area contributed by atoms with Gasteiger partial charge in [0.2, 0.25) is 5.78 Å². The fourth-order valence-electron chi connectivity index (χ4n) is 6.95. The number of carbonyl (C=O) groups excluding carboxylic acids is 3. The maximum atomic E-state index is 14.2. The molecular formula is C31H32F3N3O7. The molecule has 0 radical (unpaired) electrons. The number of nitrogens with two attached hydrogens (primary N) is 1. The number of rotatable bonds is 5. The van der Waals surface area contributed by atoms with Gasteiger partial charge in [0.05, 0.1) is 18.0 Å². The van der Waals surface area contributed by atoms with Gasteiger partial charge in [0, 0.05) is 36.8 Å². The molecule has 234 valence electrons. The number of hydrogen-bond acceptors (Lipinski definition) is 9. The summed E-state index contributed by atoms with van der Waals surface area (Å²) in [6, 6.07) is 5.85. The standard InChI is InChI=1S/C31H32F3N3O7/c1-36(2)19-11-16(14-7-5-13(6-8-14)12-30(32,33)34)24(38)21-17(19)9-15-10-18-23(37(3)4)26(40)22(29(35)43)28(42)31(18,44)27(41)20(15)25(21)39/h5-8,11,15,18,23,38,40-41,44H,9-10,12H2,1-4H3,(H2,35,43)/t15-,18-,23-,31-/m0/s1. The van der Waals surface area contributed by atoms with Crippen LogP contribution < -0.4 is 10.6 Å². The van der Waals surface area contributed by atoms with E-state index in [1.807, 2.05) is 0 Å². The van der Waals surface area contributed by atoms with Crippen LogP contribution in [0.2, 0.25) is 0 Å². The topological polar surface area (TPSA) is 165 Å². The maximum absolute atomic E-state index is 14.2. The number of aliphatic hydroxyl groups excluding tert-OH is 2. The van der Waals surface area contributed by atoms with Crippen molar-refractivity contribution in [3.05, 3.63) is 69.7 Å². The van der Waals surface area contributed by atoms with E-state index in [0.717, 1.165) is 0 Å². The number of likely N-dealkylation sites (N-methyl/N-ethyl adjacent to an activating group) is 1. The van der Waals surface area contributed by atoms with E-state index < -0.39 is 76.4 Å². The van der Waals surface area contributed by atoms with E-state index in [1.54, 1.807) is 39.2 Å².